The van der Waals surface area contributed by atoms with Gasteiger partial charge >= 0.3 is 23.2 Å². The van der Waals surface area contributed by atoms with Gasteiger partial charge in [0.2, 0.25) is 5.91 Å². The van der Waals surface area contributed by atoms with Gasteiger partial charge in [0.05, 0.1) is 0 Å². The molecule has 4 heteroatoms. The van der Waals surface area contributed by atoms with Crippen LogP contribution in [0.2, 0.25) is 0 Å². The predicted molar refractivity (Wildman–Crippen MR) is 34.3 cm³/mol. The molecule has 0 aromatic rings. The van der Waals surface area contributed by atoms with Crippen molar-refractivity contribution in [2.24, 2.45) is 0 Å². The summed E-state index contributed by atoms with van der Waals surface area (Å²) in [5, 5.41) is 0. The number of rotatable bonds is 2. The maximum absolute atomic E-state index is 10.5. The second-order valence-corrected chi connectivity index (χ2v) is 1.69. The fourth-order valence-corrected chi connectivity index (χ4v) is 0.669. The SMILES string of the molecule is CCN(CC)C(C)=O.[O]=[Mo]. The Balaban J connectivity index is 0. The first-order valence-corrected chi connectivity index (χ1v) is 3.96. The summed E-state index contributed by atoms with van der Waals surface area (Å²) < 4.78 is 8.26. The van der Waals surface area contributed by atoms with Crippen molar-refractivity contribution < 1.29 is 28.0 Å². The quantitative estimate of drug-likeness (QED) is 0.653. The molecule has 0 fully saturated rings. The van der Waals surface area contributed by atoms with Crippen LogP contribution in [0.25, 0.3) is 0 Å². The molecule has 0 unspecified atom stereocenters. The average molecular weight is 227 g/mol. The zero-order chi connectivity index (χ0) is 8.57. The summed E-state index contributed by atoms with van der Waals surface area (Å²) >= 11 is 0.700. The molecule has 0 rings (SSSR count). The topological polar surface area (TPSA) is 37.4 Å². The molecule has 0 bridgehead atoms. The molecule has 0 saturated heterocycles. The Morgan fingerprint density at radius 2 is 1.60 bits per heavy atom. The van der Waals surface area contributed by atoms with Gasteiger partial charge in [0.1, 0.15) is 0 Å². The molecule has 0 atom stereocenters. The van der Waals surface area contributed by atoms with E-state index in [-0.39, 0.29) is 5.91 Å². The minimum absolute atomic E-state index is 0.162. The Labute approximate surface area is 73.0 Å². The zero-order valence-electron chi connectivity index (χ0n) is 6.59. The Kier molecular flexibility index (Phi) is 11.3. The first-order chi connectivity index (χ1) is 4.72. The Hall–Kier alpha value is -0.0417. The molecule has 0 aromatic carbocycles. The third-order valence-corrected chi connectivity index (χ3v) is 1.21. The van der Waals surface area contributed by atoms with Gasteiger partial charge in [-0.2, -0.15) is 0 Å². The molecule has 0 spiro atoms. The minimum atomic E-state index is 0.162. The van der Waals surface area contributed by atoms with Crippen LogP contribution < -0.4 is 0 Å². The van der Waals surface area contributed by atoms with Gasteiger partial charge in [0.25, 0.3) is 0 Å². The second-order valence-electron chi connectivity index (χ2n) is 1.69. The van der Waals surface area contributed by atoms with Crippen LogP contribution in [0.3, 0.4) is 0 Å². The fraction of sp³-hybridized carbons (Fsp3) is 0.833. The summed E-state index contributed by atoms with van der Waals surface area (Å²) in [4.78, 5) is 12.3. The molecule has 0 N–H and O–H groups in total. The Bertz CT molecular complexity index is 93.7. The molecular weight excluding hydrogens is 214 g/mol. The van der Waals surface area contributed by atoms with Gasteiger partial charge in [0, 0.05) is 20.0 Å². The summed E-state index contributed by atoms with van der Waals surface area (Å²) in [5.41, 5.74) is 0. The number of hydrogen-bond acceptors (Lipinski definition) is 2. The van der Waals surface area contributed by atoms with Crippen LogP contribution in [0, 0.1) is 0 Å². The monoisotopic (exact) mass is 229 g/mol. The van der Waals surface area contributed by atoms with E-state index in [2.05, 4.69) is 0 Å². The molecule has 60 valence electrons. The molecular formula is C6H13MoNO2. The van der Waals surface area contributed by atoms with Gasteiger partial charge in [-0.1, -0.05) is 0 Å². The van der Waals surface area contributed by atoms with Crippen LogP contribution in [0.1, 0.15) is 20.8 Å². The Morgan fingerprint density at radius 3 is 1.60 bits per heavy atom. The number of hydrogen-bond donors (Lipinski definition) is 0. The van der Waals surface area contributed by atoms with Crippen molar-refractivity contribution in [3.05, 3.63) is 0 Å². The van der Waals surface area contributed by atoms with Crippen LogP contribution in [0.5, 0.6) is 0 Å². The van der Waals surface area contributed by atoms with Gasteiger partial charge in [-0.05, 0) is 13.8 Å². The first kappa shape index (κ1) is 12.6. The van der Waals surface area contributed by atoms with E-state index in [1.54, 1.807) is 11.8 Å². The van der Waals surface area contributed by atoms with Crippen LogP contribution in [-0.2, 0) is 28.0 Å². The van der Waals surface area contributed by atoms with Crippen LogP contribution in [0.15, 0.2) is 0 Å². The predicted octanol–water partition coefficient (Wildman–Crippen LogP) is 0.753. The van der Waals surface area contributed by atoms with E-state index in [4.69, 9.17) is 3.40 Å². The van der Waals surface area contributed by atoms with Crippen molar-refractivity contribution in [3.8, 4) is 0 Å². The van der Waals surface area contributed by atoms with Gasteiger partial charge < -0.3 is 4.90 Å². The normalized spacial score (nSPS) is 7.50. The molecule has 0 aliphatic rings. The van der Waals surface area contributed by atoms with Crippen molar-refractivity contribution in [3.63, 3.8) is 0 Å². The standard InChI is InChI=1S/C6H13NO.Mo.O/c1-4-7(5-2)6(3)8;;/h4-5H2,1-3H3;;. The van der Waals surface area contributed by atoms with Gasteiger partial charge in [-0.25, -0.2) is 0 Å². The maximum atomic E-state index is 10.5. The van der Waals surface area contributed by atoms with E-state index in [0.29, 0.717) is 19.8 Å². The van der Waals surface area contributed by atoms with Gasteiger partial charge in [-0.15, -0.1) is 0 Å². The van der Waals surface area contributed by atoms with Crippen molar-refractivity contribution in [1.82, 2.24) is 4.90 Å². The summed E-state index contributed by atoms with van der Waals surface area (Å²) in [6.07, 6.45) is 0. The van der Waals surface area contributed by atoms with E-state index in [0.717, 1.165) is 13.1 Å². The molecule has 0 aliphatic carbocycles. The van der Waals surface area contributed by atoms with Gasteiger partial charge in [0.15, 0.2) is 0 Å². The number of amides is 1. The molecule has 0 radical (unpaired) electrons. The summed E-state index contributed by atoms with van der Waals surface area (Å²) in [5.74, 6) is 0.162. The first-order valence-electron chi connectivity index (χ1n) is 3.14. The van der Waals surface area contributed by atoms with Crippen molar-refractivity contribution in [2.45, 2.75) is 20.8 Å². The summed E-state index contributed by atoms with van der Waals surface area (Å²) in [6.45, 7) is 7.19. The molecule has 0 aromatic heterocycles. The van der Waals surface area contributed by atoms with E-state index in [1.807, 2.05) is 13.8 Å². The van der Waals surface area contributed by atoms with E-state index in [1.165, 1.54) is 0 Å². The van der Waals surface area contributed by atoms with Crippen molar-refractivity contribution >= 4 is 5.91 Å². The van der Waals surface area contributed by atoms with Crippen LogP contribution >= 0.6 is 0 Å². The third-order valence-electron chi connectivity index (χ3n) is 1.21. The van der Waals surface area contributed by atoms with Crippen molar-refractivity contribution in [2.75, 3.05) is 13.1 Å². The molecule has 0 aliphatic heterocycles. The van der Waals surface area contributed by atoms with E-state index >= 15 is 0 Å². The van der Waals surface area contributed by atoms with Crippen LogP contribution in [0.4, 0.5) is 0 Å². The molecule has 0 saturated carbocycles. The molecule has 10 heavy (non-hydrogen) atoms. The second kappa shape index (κ2) is 8.96. The van der Waals surface area contributed by atoms with Crippen LogP contribution in [-0.4, -0.2) is 23.9 Å². The van der Waals surface area contributed by atoms with Crippen molar-refractivity contribution in [1.29, 1.82) is 0 Å². The average Bonchev–Trinajstić information content (AvgIpc) is 1.94. The van der Waals surface area contributed by atoms with E-state index in [9.17, 15) is 4.79 Å². The third kappa shape index (κ3) is 6.08. The molecule has 3 nitrogen and oxygen atoms in total. The number of nitrogens with zero attached hydrogens (tertiary/aromatic N) is 1. The number of carbonyl (C=O) groups excluding carboxylic acids is 1. The van der Waals surface area contributed by atoms with Gasteiger partial charge in [-0.3, -0.25) is 4.79 Å². The fourth-order valence-electron chi connectivity index (χ4n) is 0.669. The Morgan fingerprint density at radius 1 is 1.30 bits per heavy atom. The van der Waals surface area contributed by atoms with E-state index < -0.39 is 0 Å². The summed E-state index contributed by atoms with van der Waals surface area (Å²) in [7, 11) is 0. The number of carbonyl (C=O) groups is 1. The zero-order valence-corrected chi connectivity index (χ0v) is 8.59. The summed E-state index contributed by atoms with van der Waals surface area (Å²) in [6, 6.07) is 0. The molecule has 0 heterocycles. The molecule has 1 amide bonds.